The molecule has 0 radical (unpaired) electrons. The highest BCUT2D eigenvalue weighted by Crippen LogP contribution is 2.29. The first-order valence-electron chi connectivity index (χ1n) is 8.93. The largest absolute Gasteiger partial charge is 0.481 e. The smallest absolute Gasteiger partial charge is 0.265 e. The van der Waals surface area contributed by atoms with Crippen LogP contribution in [0.4, 0.5) is 5.69 Å². The van der Waals surface area contributed by atoms with Gasteiger partial charge >= 0.3 is 0 Å². The molecule has 0 aromatic heterocycles. The molecule has 0 spiro atoms. The van der Waals surface area contributed by atoms with E-state index in [-0.39, 0.29) is 11.7 Å². The minimum absolute atomic E-state index is 0.0606. The van der Waals surface area contributed by atoms with Crippen molar-refractivity contribution in [2.45, 2.75) is 20.0 Å². The first kappa shape index (κ1) is 19.2. The molecule has 0 fully saturated rings. The minimum atomic E-state index is -0.757. The standard InChI is InChI=1S/C23H21NO4/c1-16(25)18-9-8-12-20(15-18)27-17(2)23(26)24-21-13-6-7-14-22(21)28-19-10-4-3-5-11-19/h3-15,17H,1-2H3,(H,24,26). The van der Waals surface area contributed by atoms with Crippen LogP contribution in [0, 0.1) is 0 Å². The lowest BCUT2D eigenvalue weighted by atomic mass is 10.1. The van der Waals surface area contributed by atoms with Crippen LogP contribution >= 0.6 is 0 Å². The Hall–Kier alpha value is -3.60. The summed E-state index contributed by atoms with van der Waals surface area (Å²) in [7, 11) is 0. The minimum Gasteiger partial charge on any atom is -0.481 e. The second kappa shape index (κ2) is 8.86. The van der Waals surface area contributed by atoms with Gasteiger partial charge in [-0.25, -0.2) is 0 Å². The maximum Gasteiger partial charge on any atom is 0.265 e. The van der Waals surface area contributed by atoms with E-state index in [1.54, 1.807) is 43.3 Å². The third kappa shape index (κ3) is 4.98. The highest BCUT2D eigenvalue weighted by Gasteiger charge is 2.17. The predicted octanol–water partition coefficient (Wildman–Crippen LogP) is 5.09. The number of hydrogen-bond donors (Lipinski definition) is 1. The van der Waals surface area contributed by atoms with Crippen LogP contribution in [0.5, 0.6) is 17.2 Å². The van der Waals surface area contributed by atoms with Gasteiger partial charge in [0.25, 0.3) is 5.91 Å². The first-order chi connectivity index (χ1) is 13.5. The lowest BCUT2D eigenvalue weighted by Crippen LogP contribution is -2.30. The summed E-state index contributed by atoms with van der Waals surface area (Å²) in [6.07, 6.45) is -0.757. The normalized spacial score (nSPS) is 11.4. The molecule has 0 heterocycles. The SMILES string of the molecule is CC(=O)c1cccc(OC(C)C(=O)Nc2ccccc2Oc2ccccc2)c1. The number of ketones is 1. The number of para-hydroxylation sites is 3. The van der Waals surface area contributed by atoms with E-state index in [0.29, 0.717) is 28.5 Å². The Morgan fingerprint density at radius 1 is 0.857 bits per heavy atom. The van der Waals surface area contributed by atoms with Crippen LogP contribution in [0.25, 0.3) is 0 Å². The van der Waals surface area contributed by atoms with Gasteiger partial charge in [0.05, 0.1) is 5.69 Å². The number of carbonyl (C=O) groups is 2. The van der Waals surface area contributed by atoms with Crippen molar-refractivity contribution in [1.29, 1.82) is 0 Å². The summed E-state index contributed by atoms with van der Waals surface area (Å²) in [5.74, 6) is 1.29. The summed E-state index contributed by atoms with van der Waals surface area (Å²) in [5, 5.41) is 2.83. The molecule has 5 heteroatoms. The summed E-state index contributed by atoms with van der Waals surface area (Å²) in [6, 6.07) is 23.3. The van der Waals surface area contributed by atoms with E-state index in [1.807, 2.05) is 42.5 Å². The fraction of sp³-hybridized carbons (Fsp3) is 0.130. The van der Waals surface area contributed by atoms with Gasteiger partial charge in [0.1, 0.15) is 11.5 Å². The van der Waals surface area contributed by atoms with Crippen molar-refractivity contribution in [3.05, 3.63) is 84.4 Å². The van der Waals surface area contributed by atoms with E-state index in [4.69, 9.17) is 9.47 Å². The molecule has 1 atom stereocenters. The summed E-state index contributed by atoms with van der Waals surface area (Å²) in [6.45, 7) is 3.13. The van der Waals surface area contributed by atoms with Gasteiger partial charge in [-0.15, -0.1) is 0 Å². The Bertz CT molecular complexity index is 969. The molecular formula is C23H21NO4. The van der Waals surface area contributed by atoms with Crippen molar-refractivity contribution in [2.75, 3.05) is 5.32 Å². The second-order valence-corrected chi connectivity index (χ2v) is 6.24. The first-order valence-corrected chi connectivity index (χ1v) is 8.93. The highest BCUT2D eigenvalue weighted by atomic mass is 16.5. The molecule has 142 valence electrons. The predicted molar refractivity (Wildman–Crippen MR) is 108 cm³/mol. The molecule has 0 aliphatic rings. The van der Waals surface area contributed by atoms with E-state index >= 15 is 0 Å². The number of benzene rings is 3. The van der Waals surface area contributed by atoms with Gasteiger partial charge in [-0.3, -0.25) is 9.59 Å². The maximum atomic E-state index is 12.6. The Balaban J connectivity index is 1.69. The second-order valence-electron chi connectivity index (χ2n) is 6.24. The van der Waals surface area contributed by atoms with Gasteiger partial charge in [0, 0.05) is 5.56 Å². The molecule has 0 aliphatic carbocycles. The molecule has 0 saturated heterocycles. The van der Waals surface area contributed by atoms with Crippen LogP contribution in [-0.2, 0) is 4.79 Å². The highest BCUT2D eigenvalue weighted by molar-refractivity contribution is 5.96. The van der Waals surface area contributed by atoms with Gasteiger partial charge in [-0.05, 0) is 50.2 Å². The molecule has 28 heavy (non-hydrogen) atoms. The fourth-order valence-corrected chi connectivity index (χ4v) is 2.55. The summed E-state index contributed by atoms with van der Waals surface area (Å²) in [5.41, 5.74) is 1.08. The van der Waals surface area contributed by atoms with E-state index in [1.165, 1.54) is 6.92 Å². The Kier molecular flexibility index (Phi) is 6.07. The average Bonchev–Trinajstić information content (AvgIpc) is 2.70. The number of nitrogens with one attached hydrogen (secondary N) is 1. The Labute approximate surface area is 163 Å². The van der Waals surface area contributed by atoms with Crippen LogP contribution in [-0.4, -0.2) is 17.8 Å². The molecule has 0 saturated carbocycles. The van der Waals surface area contributed by atoms with Crippen molar-refractivity contribution < 1.29 is 19.1 Å². The van der Waals surface area contributed by atoms with Gasteiger partial charge < -0.3 is 14.8 Å². The zero-order valence-electron chi connectivity index (χ0n) is 15.7. The van der Waals surface area contributed by atoms with E-state index in [2.05, 4.69) is 5.32 Å². The van der Waals surface area contributed by atoms with Crippen molar-refractivity contribution in [3.8, 4) is 17.2 Å². The lowest BCUT2D eigenvalue weighted by molar-refractivity contribution is -0.122. The van der Waals surface area contributed by atoms with Crippen LogP contribution in [0.15, 0.2) is 78.9 Å². The quantitative estimate of drug-likeness (QED) is 0.584. The van der Waals surface area contributed by atoms with Crippen molar-refractivity contribution in [1.82, 2.24) is 0 Å². The number of anilines is 1. The van der Waals surface area contributed by atoms with Crippen molar-refractivity contribution in [3.63, 3.8) is 0 Å². The Morgan fingerprint density at radius 2 is 1.54 bits per heavy atom. The van der Waals surface area contributed by atoms with Crippen molar-refractivity contribution >= 4 is 17.4 Å². The third-order valence-corrected chi connectivity index (χ3v) is 4.04. The fourth-order valence-electron chi connectivity index (χ4n) is 2.55. The molecule has 0 aliphatic heterocycles. The molecular weight excluding hydrogens is 354 g/mol. The maximum absolute atomic E-state index is 12.6. The van der Waals surface area contributed by atoms with E-state index in [0.717, 1.165) is 0 Å². The van der Waals surface area contributed by atoms with Crippen molar-refractivity contribution in [2.24, 2.45) is 0 Å². The number of Topliss-reactive ketones (excluding diaryl/α,β-unsaturated/α-hetero) is 1. The summed E-state index contributed by atoms with van der Waals surface area (Å²) < 4.78 is 11.5. The molecule has 0 bridgehead atoms. The van der Waals surface area contributed by atoms with Gasteiger partial charge in [0.2, 0.25) is 0 Å². The number of amides is 1. The topological polar surface area (TPSA) is 64.6 Å². The molecule has 5 nitrogen and oxygen atoms in total. The molecule has 3 aromatic carbocycles. The molecule has 1 N–H and O–H groups in total. The molecule has 3 aromatic rings. The van der Waals surface area contributed by atoms with Crippen LogP contribution in [0.1, 0.15) is 24.2 Å². The van der Waals surface area contributed by atoms with Gasteiger partial charge in [-0.1, -0.05) is 42.5 Å². The summed E-state index contributed by atoms with van der Waals surface area (Å²) >= 11 is 0. The number of hydrogen-bond acceptors (Lipinski definition) is 4. The summed E-state index contributed by atoms with van der Waals surface area (Å²) in [4.78, 5) is 24.1. The third-order valence-electron chi connectivity index (χ3n) is 4.04. The molecule has 3 rings (SSSR count). The van der Waals surface area contributed by atoms with Gasteiger partial charge in [-0.2, -0.15) is 0 Å². The van der Waals surface area contributed by atoms with E-state index < -0.39 is 6.10 Å². The Morgan fingerprint density at radius 3 is 2.29 bits per heavy atom. The number of rotatable bonds is 7. The van der Waals surface area contributed by atoms with E-state index in [9.17, 15) is 9.59 Å². The number of ether oxygens (including phenoxy) is 2. The lowest BCUT2D eigenvalue weighted by Gasteiger charge is -2.17. The van der Waals surface area contributed by atoms with Crippen LogP contribution < -0.4 is 14.8 Å². The monoisotopic (exact) mass is 375 g/mol. The number of carbonyl (C=O) groups excluding carboxylic acids is 2. The molecule has 1 amide bonds. The van der Waals surface area contributed by atoms with Crippen LogP contribution in [0.2, 0.25) is 0 Å². The van der Waals surface area contributed by atoms with Gasteiger partial charge in [0.15, 0.2) is 17.6 Å². The zero-order valence-corrected chi connectivity index (χ0v) is 15.7. The zero-order chi connectivity index (χ0) is 19.9. The van der Waals surface area contributed by atoms with Crippen LogP contribution in [0.3, 0.4) is 0 Å². The molecule has 1 unspecified atom stereocenters. The average molecular weight is 375 g/mol.